The topological polar surface area (TPSA) is 68.5 Å². The van der Waals surface area contributed by atoms with Gasteiger partial charge in [-0.1, -0.05) is 18.2 Å². The summed E-state index contributed by atoms with van der Waals surface area (Å²) in [4.78, 5) is 25.0. The number of nitrogens with one attached hydrogen (secondary N) is 1. The zero-order chi connectivity index (χ0) is 18.5. The molecule has 0 fully saturated rings. The summed E-state index contributed by atoms with van der Waals surface area (Å²) in [5.41, 5.74) is 0.732. The Labute approximate surface area is 153 Å². The van der Waals surface area contributed by atoms with Crippen LogP contribution in [0.3, 0.4) is 0 Å². The molecule has 1 unspecified atom stereocenters. The Balaban J connectivity index is 1.66. The van der Waals surface area contributed by atoms with Crippen LogP contribution in [0.5, 0.6) is 0 Å². The number of furan rings is 1. The molecular formula is C19H16FNO4S. The highest BCUT2D eigenvalue weighted by Crippen LogP contribution is 2.26. The Bertz CT molecular complexity index is 887. The molecule has 1 amide bonds. The van der Waals surface area contributed by atoms with Gasteiger partial charge in [-0.15, -0.1) is 11.3 Å². The molecule has 7 heteroatoms. The van der Waals surface area contributed by atoms with Crippen LogP contribution in [0.4, 0.5) is 4.39 Å². The molecular weight excluding hydrogens is 357 g/mol. The number of rotatable bonds is 6. The molecule has 1 atom stereocenters. The van der Waals surface area contributed by atoms with E-state index in [0.717, 1.165) is 10.4 Å². The molecule has 0 radical (unpaired) electrons. The molecule has 0 saturated carbocycles. The van der Waals surface area contributed by atoms with Crippen LogP contribution in [0.25, 0.3) is 0 Å². The van der Waals surface area contributed by atoms with Gasteiger partial charge < -0.3 is 14.5 Å². The summed E-state index contributed by atoms with van der Waals surface area (Å²) in [6.07, 6.45) is 0. The smallest absolute Gasteiger partial charge is 0.374 e. The Kier molecular flexibility index (Phi) is 5.48. The summed E-state index contributed by atoms with van der Waals surface area (Å²) >= 11 is 1.46. The van der Waals surface area contributed by atoms with E-state index >= 15 is 0 Å². The Morgan fingerprint density at radius 1 is 1.19 bits per heavy atom. The number of halogens is 1. The fraction of sp³-hybridized carbons (Fsp3) is 0.158. The van der Waals surface area contributed by atoms with Crippen molar-refractivity contribution in [1.29, 1.82) is 0 Å². The summed E-state index contributed by atoms with van der Waals surface area (Å²) in [6, 6.07) is 12.3. The van der Waals surface area contributed by atoms with Gasteiger partial charge in [0.15, 0.2) is 6.61 Å². The maximum atomic E-state index is 13.2. The normalized spacial score (nSPS) is 11.8. The van der Waals surface area contributed by atoms with Crippen molar-refractivity contribution in [3.8, 4) is 0 Å². The highest BCUT2D eigenvalue weighted by atomic mass is 32.1. The van der Waals surface area contributed by atoms with Crippen LogP contribution in [0.15, 0.2) is 58.3 Å². The predicted molar refractivity (Wildman–Crippen MR) is 94.4 cm³/mol. The lowest BCUT2D eigenvalue weighted by molar-refractivity contribution is -0.124. The molecule has 0 aliphatic carbocycles. The van der Waals surface area contributed by atoms with Crippen molar-refractivity contribution in [2.75, 3.05) is 6.61 Å². The van der Waals surface area contributed by atoms with E-state index in [1.54, 1.807) is 25.1 Å². The van der Waals surface area contributed by atoms with Gasteiger partial charge in [-0.2, -0.15) is 0 Å². The largest absolute Gasteiger partial charge is 0.454 e. The molecule has 2 heterocycles. The van der Waals surface area contributed by atoms with Gasteiger partial charge >= 0.3 is 5.97 Å². The zero-order valence-corrected chi connectivity index (χ0v) is 14.7. The molecule has 0 spiro atoms. The average Bonchev–Trinajstić information content (AvgIpc) is 3.30. The molecule has 0 bridgehead atoms. The monoisotopic (exact) mass is 373 g/mol. The summed E-state index contributed by atoms with van der Waals surface area (Å²) < 4.78 is 23.3. The minimum absolute atomic E-state index is 0.0450. The fourth-order valence-corrected chi connectivity index (χ4v) is 3.18. The molecule has 1 aromatic carbocycles. The Morgan fingerprint density at radius 3 is 2.58 bits per heavy atom. The molecule has 134 valence electrons. The summed E-state index contributed by atoms with van der Waals surface area (Å²) in [7, 11) is 0. The van der Waals surface area contributed by atoms with Crippen LogP contribution in [-0.2, 0) is 9.53 Å². The van der Waals surface area contributed by atoms with Gasteiger partial charge in [-0.25, -0.2) is 9.18 Å². The minimum Gasteiger partial charge on any atom is -0.454 e. The van der Waals surface area contributed by atoms with Gasteiger partial charge in [-0.05, 0) is 48.2 Å². The highest BCUT2D eigenvalue weighted by molar-refractivity contribution is 7.10. The van der Waals surface area contributed by atoms with Crippen molar-refractivity contribution < 1.29 is 23.1 Å². The number of hydrogen-bond donors (Lipinski definition) is 1. The lowest BCUT2D eigenvalue weighted by Crippen LogP contribution is -2.32. The van der Waals surface area contributed by atoms with Crippen molar-refractivity contribution in [1.82, 2.24) is 5.32 Å². The lowest BCUT2D eigenvalue weighted by Gasteiger charge is -2.18. The number of benzene rings is 1. The second-order valence-electron chi connectivity index (χ2n) is 5.55. The molecule has 26 heavy (non-hydrogen) atoms. The molecule has 0 saturated heterocycles. The summed E-state index contributed by atoms with van der Waals surface area (Å²) in [5.74, 6) is -0.904. The van der Waals surface area contributed by atoms with E-state index in [2.05, 4.69) is 5.32 Å². The summed E-state index contributed by atoms with van der Waals surface area (Å²) in [5, 5.41) is 4.69. The average molecular weight is 373 g/mol. The number of carbonyl (C=O) groups is 2. The molecule has 0 aliphatic rings. The van der Waals surface area contributed by atoms with E-state index in [1.807, 2.05) is 17.5 Å². The third-order valence-electron chi connectivity index (χ3n) is 3.61. The van der Waals surface area contributed by atoms with Crippen LogP contribution in [0.2, 0.25) is 0 Å². The maximum Gasteiger partial charge on any atom is 0.374 e. The predicted octanol–water partition coefficient (Wildman–Crippen LogP) is 3.85. The number of amides is 1. The van der Waals surface area contributed by atoms with Gasteiger partial charge in [-0.3, -0.25) is 4.79 Å². The second kappa shape index (κ2) is 7.97. The van der Waals surface area contributed by atoms with Crippen molar-refractivity contribution in [2.24, 2.45) is 0 Å². The van der Waals surface area contributed by atoms with Crippen LogP contribution in [0.1, 0.15) is 32.8 Å². The van der Waals surface area contributed by atoms with E-state index in [9.17, 15) is 14.0 Å². The molecule has 3 aromatic rings. The number of ether oxygens (including phenoxy) is 1. The molecule has 0 aliphatic heterocycles. The first-order valence-corrected chi connectivity index (χ1v) is 8.72. The third-order valence-corrected chi connectivity index (χ3v) is 4.55. The van der Waals surface area contributed by atoms with Gasteiger partial charge in [0.1, 0.15) is 11.6 Å². The molecule has 3 rings (SSSR count). The number of esters is 1. The van der Waals surface area contributed by atoms with Gasteiger partial charge in [0.05, 0.1) is 6.04 Å². The quantitative estimate of drug-likeness (QED) is 0.667. The highest BCUT2D eigenvalue weighted by Gasteiger charge is 2.20. The zero-order valence-electron chi connectivity index (χ0n) is 13.9. The van der Waals surface area contributed by atoms with Crippen molar-refractivity contribution >= 4 is 23.2 Å². The van der Waals surface area contributed by atoms with Gasteiger partial charge in [0.25, 0.3) is 5.91 Å². The SMILES string of the molecule is Cc1ccc(C(=O)OCC(=O)NC(c2ccc(F)cc2)c2cccs2)o1. The van der Waals surface area contributed by atoms with Gasteiger partial charge in [0, 0.05) is 4.88 Å². The van der Waals surface area contributed by atoms with E-state index in [-0.39, 0.29) is 11.6 Å². The van der Waals surface area contributed by atoms with Crippen molar-refractivity contribution in [3.05, 3.63) is 81.7 Å². The first-order valence-electron chi connectivity index (χ1n) is 7.85. The van der Waals surface area contributed by atoms with Gasteiger partial charge in [0.2, 0.25) is 5.76 Å². The standard InChI is InChI=1S/C19H16FNO4S/c1-12-4-9-15(25-12)19(23)24-11-17(22)21-18(16-3-2-10-26-16)13-5-7-14(20)8-6-13/h2-10,18H,11H2,1H3,(H,21,22). The van der Waals surface area contributed by atoms with Crippen LogP contribution in [0, 0.1) is 12.7 Å². The van der Waals surface area contributed by atoms with Crippen LogP contribution >= 0.6 is 11.3 Å². The van der Waals surface area contributed by atoms with E-state index in [4.69, 9.17) is 9.15 Å². The maximum absolute atomic E-state index is 13.2. The van der Waals surface area contributed by atoms with E-state index in [1.165, 1.54) is 29.5 Å². The molecule has 1 N–H and O–H groups in total. The Morgan fingerprint density at radius 2 is 1.96 bits per heavy atom. The second-order valence-corrected chi connectivity index (χ2v) is 6.53. The van der Waals surface area contributed by atoms with Crippen LogP contribution in [-0.4, -0.2) is 18.5 Å². The first kappa shape index (κ1) is 17.9. The number of thiophene rings is 1. The number of aryl methyl sites for hydroxylation is 1. The van der Waals surface area contributed by atoms with Crippen molar-refractivity contribution in [2.45, 2.75) is 13.0 Å². The van der Waals surface area contributed by atoms with E-state index in [0.29, 0.717) is 5.76 Å². The first-order chi connectivity index (χ1) is 12.5. The Hall–Kier alpha value is -2.93. The molecule has 5 nitrogen and oxygen atoms in total. The molecule has 2 aromatic heterocycles. The third kappa shape index (κ3) is 4.37. The number of hydrogen-bond acceptors (Lipinski definition) is 5. The van der Waals surface area contributed by atoms with E-state index < -0.39 is 24.5 Å². The fourth-order valence-electron chi connectivity index (χ4n) is 2.38. The summed E-state index contributed by atoms with van der Waals surface area (Å²) in [6.45, 7) is 1.26. The van der Waals surface area contributed by atoms with Crippen molar-refractivity contribution in [3.63, 3.8) is 0 Å². The van der Waals surface area contributed by atoms with Crippen LogP contribution < -0.4 is 5.32 Å². The minimum atomic E-state index is -0.706. The lowest BCUT2D eigenvalue weighted by atomic mass is 10.1. The number of carbonyl (C=O) groups excluding carboxylic acids is 2.